The Morgan fingerprint density at radius 2 is 1.97 bits per heavy atom. The molecule has 1 unspecified atom stereocenters. The second-order valence-electron chi connectivity index (χ2n) is 7.19. The molecule has 0 N–H and O–H groups in total. The molecular weight excluding hydrogens is 362 g/mol. The van der Waals surface area contributed by atoms with Crippen LogP contribution in [0.5, 0.6) is 5.75 Å². The minimum Gasteiger partial charge on any atom is -0.493 e. The molecule has 0 amide bonds. The van der Waals surface area contributed by atoms with Crippen LogP contribution in [0.15, 0.2) is 47.5 Å². The second kappa shape index (κ2) is 9.03. The van der Waals surface area contributed by atoms with Crippen molar-refractivity contribution in [1.82, 2.24) is 14.8 Å². The molecule has 3 aromatic rings. The Labute approximate surface area is 172 Å². The molecule has 0 spiro atoms. The summed E-state index contributed by atoms with van der Waals surface area (Å²) in [7, 11) is 1.57. The van der Waals surface area contributed by atoms with Crippen LogP contribution in [0.1, 0.15) is 54.0 Å². The van der Waals surface area contributed by atoms with Gasteiger partial charge in [-0.1, -0.05) is 37.6 Å². The van der Waals surface area contributed by atoms with E-state index in [1.54, 1.807) is 25.4 Å². The summed E-state index contributed by atoms with van der Waals surface area (Å²) in [6, 6.07) is 10.2. The fourth-order valence-electron chi connectivity index (χ4n) is 4.05. The summed E-state index contributed by atoms with van der Waals surface area (Å²) in [6.45, 7) is 8.28. The van der Waals surface area contributed by atoms with Gasteiger partial charge in [0.15, 0.2) is 11.6 Å². The number of benzene rings is 1. The fraction of sp³-hybridized carbons (Fsp3) is 0.375. The highest BCUT2D eigenvalue weighted by Gasteiger charge is 2.25. The maximum absolute atomic E-state index is 13.0. The molecule has 29 heavy (non-hydrogen) atoms. The molecule has 0 saturated heterocycles. The minimum atomic E-state index is -0.0939. The fourth-order valence-corrected chi connectivity index (χ4v) is 4.05. The number of hydrogen-bond acceptors (Lipinski definition) is 4. The van der Waals surface area contributed by atoms with E-state index in [0.29, 0.717) is 17.5 Å². The second-order valence-corrected chi connectivity index (χ2v) is 7.19. The standard InChI is InChI=1S/C22H23N3O2.C2H6/c1-14-6-8-18(15(2)11-14)16-7-9-19-17(12-16)13-24-25(22(19)26)21-20(27-3)5-4-10-23-21;1-2/h4-6,8,10-11,13,16H,7,9,12H2,1-3H3;1-2H3. The van der Waals surface area contributed by atoms with Crippen molar-refractivity contribution in [2.24, 2.45) is 0 Å². The number of ether oxygens (including phenoxy) is 1. The molecule has 5 nitrogen and oxygen atoms in total. The predicted octanol–water partition coefficient (Wildman–Crippen LogP) is 4.55. The molecule has 152 valence electrons. The van der Waals surface area contributed by atoms with Crippen LogP contribution in [0.4, 0.5) is 0 Å². The molecule has 1 aliphatic carbocycles. The molecule has 1 aliphatic rings. The largest absolute Gasteiger partial charge is 0.493 e. The lowest BCUT2D eigenvalue weighted by molar-refractivity contribution is 0.408. The lowest BCUT2D eigenvalue weighted by Crippen LogP contribution is -2.30. The van der Waals surface area contributed by atoms with Crippen molar-refractivity contribution in [3.8, 4) is 11.6 Å². The molecule has 1 aromatic carbocycles. The maximum atomic E-state index is 13.0. The quantitative estimate of drug-likeness (QED) is 0.657. The van der Waals surface area contributed by atoms with Crippen LogP contribution in [-0.4, -0.2) is 21.9 Å². The molecular formula is C24H29N3O2. The Balaban J connectivity index is 0.00000117. The number of aromatic nitrogens is 3. The summed E-state index contributed by atoms with van der Waals surface area (Å²) in [6.07, 6.45) is 6.03. The molecule has 0 fully saturated rings. The van der Waals surface area contributed by atoms with E-state index in [2.05, 4.69) is 42.1 Å². The van der Waals surface area contributed by atoms with Gasteiger partial charge in [-0.25, -0.2) is 4.98 Å². The van der Waals surface area contributed by atoms with Gasteiger partial charge < -0.3 is 4.74 Å². The van der Waals surface area contributed by atoms with Gasteiger partial charge in [0, 0.05) is 11.8 Å². The van der Waals surface area contributed by atoms with Crippen molar-refractivity contribution in [1.29, 1.82) is 0 Å². The van der Waals surface area contributed by atoms with E-state index in [-0.39, 0.29) is 5.56 Å². The zero-order valence-electron chi connectivity index (χ0n) is 17.9. The first-order chi connectivity index (χ1) is 14.1. The number of pyridine rings is 1. The number of methoxy groups -OCH3 is 1. The highest BCUT2D eigenvalue weighted by Crippen LogP contribution is 2.33. The normalized spacial score (nSPS) is 15.1. The van der Waals surface area contributed by atoms with Gasteiger partial charge in [0.2, 0.25) is 0 Å². The summed E-state index contributed by atoms with van der Waals surface area (Å²) in [5.41, 5.74) is 5.77. The Hall–Kier alpha value is -2.95. The third-order valence-electron chi connectivity index (χ3n) is 5.41. The van der Waals surface area contributed by atoms with Crippen LogP contribution >= 0.6 is 0 Å². The minimum absolute atomic E-state index is 0.0939. The third-order valence-corrected chi connectivity index (χ3v) is 5.41. The number of fused-ring (bicyclic) bond motifs is 1. The maximum Gasteiger partial charge on any atom is 0.276 e. The summed E-state index contributed by atoms with van der Waals surface area (Å²) in [5, 5.41) is 4.40. The van der Waals surface area contributed by atoms with Crippen molar-refractivity contribution < 1.29 is 4.74 Å². The van der Waals surface area contributed by atoms with E-state index in [4.69, 9.17) is 4.74 Å². The van der Waals surface area contributed by atoms with Crippen molar-refractivity contribution in [3.05, 3.63) is 80.9 Å². The van der Waals surface area contributed by atoms with Gasteiger partial charge in [-0.15, -0.1) is 0 Å². The molecule has 0 aliphatic heterocycles. The Kier molecular flexibility index (Phi) is 6.47. The number of rotatable bonds is 3. The number of nitrogens with zero attached hydrogens (tertiary/aromatic N) is 3. The summed E-state index contributed by atoms with van der Waals surface area (Å²) < 4.78 is 6.69. The SMILES string of the molecule is CC.COc1cccnc1-n1ncc2c(c1=O)CCC(c1ccc(C)cc1C)C2. The molecule has 2 heterocycles. The smallest absolute Gasteiger partial charge is 0.276 e. The molecule has 5 heteroatoms. The first-order valence-electron chi connectivity index (χ1n) is 10.2. The van der Waals surface area contributed by atoms with Crippen LogP contribution in [-0.2, 0) is 12.8 Å². The van der Waals surface area contributed by atoms with Gasteiger partial charge >= 0.3 is 0 Å². The lowest BCUT2D eigenvalue weighted by Gasteiger charge is -2.26. The molecule has 2 aromatic heterocycles. The average Bonchev–Trinajstić information content (AvgIpc) is 2.75. The van der Waals surface area contributed by atoms with E-state index in [0.717, 1.165) is 30.4 Å². The van der Waals surface area contributed by atoms with Crippen molar-refractivity contribution in [3.63, 3.8) is 0 Å². The first kappa shape index (κ1) is 20.8. The van der Waals surface area contributed by atoms with Gasteiger partial charge in [0.25, 0.3) is 5.56 Å². The van der Waals surface area contributed by atoms with Crippen LogP contribution in [0.3, 0.4) is 0 Å². The number of hydrogen-bond donors (Lipinski definition) is 0. The van der Waals surface area contributed by atoms with Gasteiger partial charge in [0.05, 0.1) is 13.3 Å². The summed E-state index contributed by atoms with van der Waals surface area (Å²) in [4.78, 5) is 17.3. The molecule has 0 radical (unpaired) electrons. The van der Waals surface area contributed by atoms with E-state index in [1.165, 1.54) is 21.4 Å². The van der Waals surface area contributed by atoms with Crippen LogP contribution in [0.25, 0.3) is 5.82 Å². The molecule has 4 rings (SSSR count). The van der Waals surface area contributed by atoms with Crippen molar-refractivity contribution >= 4 is 0 Å². The highest BCUT2D eigenvalue weighted by atomic mass is 16.5. The van der Waals surface area contributed by atoms with Crippen LogP contribution < -0.4 is 10.3 Å². The number of aryl methyl sites for hydroxylation is 2. The summed E-state index contributed by atoms with van der Waals surface area (Å²) >= 11 is 0. The van der Waals surface area contributed by atoms with E-state index in [1.807, 2.05) is 20.0 Å². The van der Waals surface area contributed by atoms with E-state index < -0.39 is 0 Å². The zero-order chi connectivity index (χ0) is 21.0. The third kappa shape index (κ3) is 4.09. The van der Waals surface area contributed by atoms with Crippen molar-refractivity contribution in [2.45, 2.75) is 52.9 Å². The van der Waals surface area contributed by atoms with Gasteiger partial charge in [-0.2, -0.15) is 9.78 Å². The van der Waals surface area contributed by atoms with Crippen LogP contribution in [0.2, 0.25) is 0 Å². The van der Waals surface area contributed by atoms with E-state index >= 15 is 0 Å². The Morgan fingerprint density at radius 3 is 2.69 bits per heavy atom. The Morgan fingerprint density at radius 1 is 1.17 bits per heavy atom. The topological polar surface area (TPSA) is 57.0 Å². The average molecular weight is 392 g/mol. The van der Waals surface area contributed by atoms with E-state index in [9.17, 15) is 4.79 Å². The van der Waals surface area contributed by atoms with Gasteiger partial charge in [-0.05, 0) is 67.9 Å². The molecule has 0 bridgehead atoms. The van der Waals surface area contributed by atoms with Gasteiger partial charge in [0.1, 0.15) is 0 Å². The summed E-state index contributed by atoms with van der Waals surface area (Å²) in [5.74, 6) is 1.40. The first-order valence-corrected chi connectivity index (χ1v) is 10.2. The van der Waals surface area contributed by atoms with Crippen molar-refractivity contribution in [2.75, 3.05) is 7.11 Å². The monoisotopic (exact) mass is 391 g/mol. The highest BCUT2D eigenvalue weighted by molar-refractivity contribution is 5.41. The Bertz CT molecular complexity index is 1060. The molecule has 0 saturated carbocycles. The van der Waals surface area contributed by atoms with Gasteiger partial charge in [-0.3, -0.25) is 4.79 Å². The predicted molar refractivity (Wildman–Crippen MR) is 116 cm³/mol. The van der Waals surface area contributed by atoms with Crippen LogP contribution in [0, 0.1) is 13.8 Å². The lowest BCUT2D eigenvalue weighted by atomic mass is 9.79. The zero-order valence-corrected chi connectivity index (χ0v) is 17.9. The molecule has 1 atom stereocenters.